The third-order valence-electron chi connectivity index (χ3n) is 1.97. The average Bonchev–Trinajstić information content (AvgIpc) is 2.25. The van der Waals surface area contributed by atoms with Gasteiger partial charge in [-0.2, -0.15) is 0 Å². The molecule has 1 rings (SSSR count). The minimum atomic E-state index is -0.339. The van der Waals surface area contributed by atoms with Crippen molar-refractivity contribution in [1.82, 2.24) is 0 Å². The largest absolute Gasteiger partial charge is 0.389 e. The molecule has 82 valence electrons. The lowest BCUT2D eigenvalue weighted by Gasteiger charge is -2.06. The Morgan fingerprint density at radius 1 is 1.20 bits per heavy atom. The van der Waals surface area contributed by atoms with Crippen LogP contribution in [0.1, 0.15) is 13.8 Å². The van der Waals surface area contributed by atoms with Crippen LogP contribution in [-0.4, -0.2) is 17.0 Å². The summed E-state index contributed by atoms with van der Waals surface area (Å²) in [5, 5.41) is 9.09. The lowest BCUT2D eigenvalue weighted by molar-refractivity contribution is 0.243. The number of hydrogen-bond donors (Lipinski definition) is 1. The third kappa shape index (κ3) is 5.65. The van der Waals surface area contributed by atoms with Gasteiger partial charge in [-0.3, -0.25) is 0 Å². The van der Waals surface area contributed by atoms with Crippen LogP contribution in [0.2, 0.25) is 0 Å². The van der Waals surface area contributed by atoms with Crippen LogP contribution in [0.4, 0.5) is 0 Å². The van der Waals surface area contributed by atoms with Crippen LogP contribution in [0.3, 0.4) is 0 Å². The van der Waals surface area contributed by atoms with Crippen LogP contribution in [-0.2, 0) is 0 Å². The summed E-state index contributed by atoms with van der Waals surface area (Å²) >= 11 is 1.85. The Hall–Kier alpha value is -0.730. The maximum absolute atomic E-state index is 9.09. The number of aliphatic hydroxyl groups excluding tert-OH is 1. The number of rotatable bonds is 5. The zero-order chi connectivity index (χ0) is 11.1. The molecule has 2 heteroatoms. The van der Waals surface area contributed by atoms with Gasteiger partial charge in [-0.1, -0.05) is 37.3 Å². The number of thioether (sulfide) groups is 1. The lowest BCUT2D eigenvalue weighted by atomic mass is 10.2. The van der Waals surface area contributed by atoms with Crippen LogP contribution in [0.15, 0.2) is 47.4 Å². The van der Waals surface area contributed by atoms with Crippen molar-refractivity contribution in [3.63, 3.8) is 0 Å². The van der Waals surface area contributed by atoms with Gasteiger partial charge in [0.25, 0.3) is 0 Å². The molecule has 0 fully saturated rings. The summed E-state index contributed by atoms with van der Waals surface area (Å²) in [6.07, 6.45) is 3.57. The molecule has 0 aliphatic heterocycles. The van der Waals surface area contributed by atoms with E-state index in [4.69, 9.17) is 5.11 Å². The molecular weight excluding hydrogens is 204 g/mol. The molecule has 0 aliphatic carbocycles. The predicted molar refractivity (Wildman–Crippen MR) is 67.2 cm³/mol. The van der Waals surface area contributed by atoms with E-state index in [0.29, 0.717) is 5.92 Å². The van der Waals surface area contributed by atoms with Gasteiger partial charge in [0.1, 0.15) is 0 Å². The van der Waals surface area contributed by atoms with Crippen LogP contribution in [0.5, 0.6) is 0 Å². The normalized spacial score (nSPS) is 15.4. The molecule has 0 amide bonds. The maximum Gasteiger partial charge on any atom is 0.0692 e. The van der Waals surface area contributed by atoms with Crippen LogP contribution in [0.25, 0.3) is 0 Å². The lowest BCUT2D eigenvalue weighted by Crippen LogP contribution is -1.97. The minimum Gasteiger partial charge on any atom is -0.389 e. The molecule has 0 spiro atoms. The van der Waals surface area contributed by atoms with Crippen LogP contribution >= 0.6 is 11.8 Å². The van der Waals surface area contributed by atoms with Crippen molar-refractivity contribution in [1.29, 1.82) is 0 Å². The summed E-state index contributed by atoms with van der Waals surface area (Å²) in [6, 6.07) is 10.4. The van der Waals surface area contributed by atoms with E-state index >= 15 is 0 Å². The molecule has 15 heavy (non-hydrogen) atoms. The molecule has 0 aromatic heterocycles. The van der Waals surface area contributed by atoms with Crippen molar-refractivity contribution in [2.75, 3.05) is 5.75 Å². The Kier molecular flexibility index (Phi) is 5.51. The van der Waals surface area contributed by atoms with E-state index in [2.05, 4.69) is 37.3 Å². The Labute approximate surface area is 96.2 Å². The van der Waals surface area contributed by atoms with Gasteiger partial charge in [0, 0.05) is 10.6 Å². The third-order valence-corrected chi connectivity index (χ3v) is 3.27. The second kappa shape index (κ2) is 6.70. The Morgan fingerprint density at radius 3 is 2.47 bits per heavy atom. The molecule has 0 radical (unpaired) electrons. The molecule has 2 atom stereocenters. The molecule has 1 N–H and O–H groups in total. The second-order valence-corrected chi connectivity index (χ2v) is 4.82. The van der Waals surface area contributed by atoms with Gasteiger partial charge in [0.05, 0.1) is 6.10 Å². The zero-order valence-electron chi connectivity index (χ0n) is 9.26. The van der Waals surface area contributed by atoms with Crippen LogP contribution in [0, 0.1) is 5.92 Å². The van der Waals surface area contributed by atoms with E-state index in [1.165, 1.54) is 4.90 Å². The van der Waals surface area contributed by atoms with Crippen molar-refractivity contribution in [2.24, 2.45) is 5.92 Å². The van der Waals surface area contributed by atoms with Crippen molar-refractivity contribution < 1.29 is 5.11 Å². The van der Waals surface area contributed by atoms with Crippen molar-refractivity contribution in [2.45, 2.75) is 24.8 Å². The summed E-state index contributed by atoms with van der Waals surface area (Å²) in [7, 11) is 0. The van der Waals surface area contributed by atoms with E-state index in [1.807, 2.05) is 23.9 Å². The average molecular weight is 222 g/mol. The van der Waals surface area contributed by atoms with Gasteiger partial charge in [-0.15, -0.1) is 11.8 Å². The smallest absolute Gasteiger partial charge is 0.0692 e. The number of benzene rings is 1. The van der Waals surface area contributed by atoms with E-state index in [-0.39, 0.29) is 6.10 Å². The summed E-state index contributed by atoms with van der Waals surface area (Å²) in [4.78, 5) is 1.30. The molecule has 1 aromatic rings. The monoisotopic (exact) mass is 222 g/mol. The van der Waals surface area contributed by atoms with Gasteiger partial charge < -0.3 is 5.11 Å². The fraction of sp³-hybridized carbons (Fsp3) is 0.385. The summed E-state index contributed by atoms with van der Waals surface area (Å²) in [5.74, 6) is 1.54. The Balaban J connectivity index is 2.31. The highest BCUT2D eigenvalue weighted by molar-refractivity contribution is 7.99. The first-order chi connectivity index (χ1) is 7.18. The number of aliphatic hydroxyl groups is 1. The number of allylic oxidation sites excluding steroid dienone is 1. The first-order valence-electron chi connectivity index (χ1n) is 5.22. The quantitative estimate of drug-likeness (QED) is 0.609. The highest BCUT2D eigenvalue weighted by atomic mass is 32.2. The van der Waals surface area contributed by atoms with E-state index < -0.39 is 0 Å². The SMILES string of the molecule is C[C@H](O)/C=C\[C@H](C)CSc1ccccc1. The van der Waals surface area contributed by atoms with E-state index in [1.54, 1.807) is 6.92 Å². The summed E-state index contributed by atoms with van der Waals surface area (Å²) in [6.45, 7) is 3.93. The Morgan fingerprint density at radius 2 is 1.87 bits per heavy atom. The topological polar surface area (TPSA) is 20.2 Å². The molecule has 0 saturated carbocycles. The van der Waals surface area contributed by atoms with Crippen molar-refractivity contribution >= 4 is 11.8 Å². The number of hydrogen-bond acceptors (Lipinski definition) is 2. The molecule has 1 nitrogen and oxygen atoms in total. The standard InChI is InChI=1S/C13H18OS/c1-11(8-9-12(2)14)10-15-13-6-4-3-5-7-13/h3-9,11-12,14H,10H2,1-2H3/b9-8-/t11-,12-/m0/s1. The van der Waals surface area contributed by atoms with E-state index in [9.17, 15) is 0 Å². The molecule has 0 unspecified atom stereocenters. The summed E-state index contributed by atoms with van der Waals surface area (Å²) < 4.78 is 0. The van der Waals surface area contributed by atoms with Crippen molar-refractivity contribution in [3.05, 3.63) is 42.5 Å². The summed E-state index contributed by atoms with van der Waals surface area (Å²) in [5.41, 5.74) is 0. The fourth-order valence-electron chi connectivity index (χ4n) is 1.15. The molecule has 0 bridgehead atoms. The molecule has 0 saturated heterocycles. The fourth-order valence-corrected chi connectivity index (χ4v) is 2.07. The molecular formula is C13H18OS. The Bertz CT molecular complexity index is 293. The van der Waals surface area contributed by atoms with Gasteiger partial charge in [0.15, 0.2) is 0 Å². The molecule has 0 aliphatic rings. The minimum absolute atomic E-state index is 0.339. The molecule has 1 aromatic carbocycles. The van der Waals surface area contributed by atoms with Gasteiger partial charge >= 0.3 is 0 Å². The first-order valence-corrected chi connectivity index (χ1v) is 6.21. The first kappa shape index (κ1) is 12.3. The van der Waals surface area contributed by atoms with E-state index in [0.717, 1.165) is 5.75 Å². The second-order valence-electron chi connectivity index (χ2n) is 3.73. The van der Waals surface area contributed by atoms with Crippen LogP contribution < -0.4 is 0 Å². The van der Waals surface area contributed by atoms with Gasteiger partial charge in [-0.25, -0.2) is 0 Å². The van der Waals surface area contributed by atoms with Crippen molar-refractivity contribution in [3.8, 4) is 0 Å². The maximum atomic E-state index is 9.09. The highest BCUT2D eigenvalue weighted by Crippen LogP contribution is 2.20. The zero-order valence-corrected chi connectivity index (χ0v) is 10.1. The predicted octanol–water partition coefficient (Wildman–Crippen LogP) is 3.35. The highest BCUT2D eigenvalue weighted by Gasteiger charge is 1.99. The van der Waals surface area contributed by atoms with Gasteiger partial charge in [-0.05, 0) is 25.0 Å². The molecule has 0 heterocycles. The van der Waals surface area contributed by atoms with Gasteiger partial charge in [0.2, 0.25) is 0 Å².